The molecule has 6 heteroatoms. The van der Waals surface area contributed by atoms with Crippen molar-refractivity contribution in [2.24, 2.45) is 0 Å². The average molecular weight is 340 g/mol. The lowest BCUT2D eigenvalue weighted by Crippen LogP contribution is -2.08. The molecule has 0 bridgehead atoms. The van der Waals surface area contributed by atoms with E-state index in [4.69, 9.17) is 34.8 Å². The van der Waals surface area contributed by atoms with Gasteiger partial charge in [0.25, 0.3) is 0 Å². The minimum Gasteiger partial charge on any atom is -0.166 e. The first-order valence-corrected chi connectivity index (χ1v) is 6.84. The van der Waals surface area contributed by atoms with E-state index in [2.05, 4.69) is 0 Å². The molecule has 0 aliphatic rings. The first kappa shape index (κ1) is 15.5. The van der Waals surface area contributed by atoms with E-state index in [1.807, 2.05) is 0 Å². The number of halogens is 6. The standard InChI is InChI=1S/C14H8Cl3F3/c15-7-9-5-4-8(6-11(9)14(18,19)20)10-2-1-3-12(16)13(10)17/h1-6H,7H2. The molecule has 0 heterocycles. The molecule has 0 aromatic heterocycles. The number of hydrogen-bond donors (Lipinski definition) is 0. The molecule has 2 rings (SSSR count). The summed E-state index contributed by atoms with van der Waals surface area (Å²) in [4.78, 5) is 0. The Morgan fingerprint density at radius 3 is 2.30 bits per heavy atom. The fourth-order valence-electron chi connectivity index (χ4n) is 1.85. The molecule has 2 aromatic carbocycles. The van der Waals surface area contributed by atoms with Gasteiger partial charge >= 0.3 is 6.18 Å². The van der Waals surface area contributed by atoms with Crippen molar-refractivity contribution in [3.63, 3.8) is 0 Å². The maximum absolute atomic E-state index is 13.0. The Labute approximate surface area is 129 Å². The minimum atomic E-state index is -4.47. The van der Waals surface area contributed by atoms with Gasteiger partial charge in [-0.15, -0.1) is 11.6 Å². The quantitative estimate of drug-likeness (QED) is 0.554. The van der Waals surface area contributed by atoms with Gasteiger partial charge in [0.2, 0.25) is 0 Å². The maximum Gasteiger partial charge on any atom is 0.416 e. The van der Waals surface area contributed by atoms with Gasteiger partial charge in [0.1, 0.15) is 0 Å². The first-order chi connectivity index (χ1) is 9.34. The van der Waals surface area contributed by atoms with Crippen LogP contribution in [0.25, 0.3) is 11.1 Å². The molecule has 0 atom stereocenters. The Balaban J connectivity index is 2.62. The smallest absolute Gasteiger partial charge is 0.166 e. The number of rotatable bonds is 2. The van der Waals surface area contributed by atoms with Crippen molar-refractivity contribution in [2.45, 2.75) is 12.1 Å². The van der Waals surface area contributed by atoms with Gasteiger partial charge in [0.15, 0.2) is 0 Å². The summed E-state index contributed by atoms with van der Waals surface area (Å²) in [5.41, 5.74) is 0.0617. The highest BCUT2D eigenvalue weighted by Crippen LogP contribution is 2.38. The molecule has 0 unspecified atom stereocenters. The fourth-order valence-corrected chi connectivity index (χ4v) is 2.49. The van der Waals surface area contributed by atoms with Crippen molar-refractivity contribution in [3.8, 4) is 11.1 Å². The first-order valence-electron chi connectivity index (χ1n) is 5.55. The van der Waals surface area contributed by atoms with Crippen molar-refractivity contribution in [2.75, 3.05) is 0 Å². The normalized spacial score (nSPS) is 11.7. The van der Waals surface area contributed by atoms with Crippen LogP contribution < -0.4 is 0 Å². The van der Waals surface area contributed by atoms with Gasteiger partial charge in [-0.2, -0.15) is 13.2 Å². The van der Waals surface area contributed by atoms with E-state index in [0.717, 1.165) is 6.07 Å². The van der Waals surface area contributed by atoms with Crippen molar-refractivity contribution in [3.05, 3.63) is 57.6 Å². The Morgan fingerprint density at radius 2 is 1.70 bits per heavy atom. The summed E-state index contributed by atoms with van der Waals surface area (Å²) in [5, 5.41) is 0.514. The van der Waals surface area contributed by atoms with E-state index < -0.39 is 11.7 Å². The maximum atomic E-state index is 13.0. The second-order valence-electron chi connectivity index (χ2n) is 4.10. The molecule has 20 heavy (non-hydrogen) atoms. The molecular formula is C14H8Cl3F3. The SMILES string of the molecule is FC(F)(F)c1cc(-c2cccc(Cl)c2Cl)ccc1CCl. The highest BCUT2D eigenvalue weighted by atomic mass is 35.5. The molecule has 0 amide bonds. The van der Waals surface area contributed by atoms with Gasteiger partial charge in [-0.1, -0.05) is 47.5 Å². The lowest BCUT2D eigenvalue weighted by molar-refractivity contribution is -0.138. The van der Waals surface area contributed by atoms with Crippen molar-refractivity contribution in [1.82, 2.24) is 0 Å². The van der Waals surface area contributed by atoms with Crippen LogP contribution in [0.5, 0.6) is 0 Å². The molecule has 0 N–H and O–H groups in total. The largest absolute Gasteiger partial charge is 0.416 e. The zero-order chi connectivity index (χ0) is 14.9. The topological polar surface area (TPSA) is 0 Å². The van der Waals surface area contributed by atoms with Crippen molar-refractivity contribution < 1.29 is 13.2 Å². The molecule has 0 aliphatic carbocycles. The van der Waals surface area contributed by atoms with E-state index in [-0.39, 0.29) is 16.5 Å². The van der Waals surface area contributed by atoms with E-state index in [9.17, 15) is 13.2 Å². The summed E-state index contributed by atoms with van der Waals surface area (Å²) >= 11 is 17.5. The van der Waals surface area contributed by atoms with Crippen molar-refractivity contribution in [1.29, 1.82) is 0 Å². The monoisotopic (exact) mass is 338 g/mol. The summed E-state index contributed by atoms with van der Waals surface area (Å²) < 4.78 is 39.0. The summed E-state index contributed by atoms with van der Waals surface area (Å²) in [5.74, 6) is -0.210. The summed E-state index contributed by atoms with van der Waals surface area (Å²) in [7, 11) is 0. The van der Waals surface area contributed by atoms with Crippen LogP contribution in [0.2, 0.25) is 10.0 Å². The van der Waals surface area contributed by atoms with Gasteiger partial charge in [0.05, 0.1) is 15.6 Å². The molecule has 0 aliphatic heterocycles. The van der Waals surface area contributed by atoms with Crippen molar-refractivity contribution >= 4 is 34.8 Å². The highest BCUT2D eigenvalue weighted by molar-refractivity contribution is 6.43. The second-order valence-corrected chi connectivity index (χ2v) is 5.16. The van der Waals surface area contributed by atoms with Crippen LogP contribution in [-0.2, 0) is 12.1 Å². The molecule has 106 valence electrons. The van der Waals surface area contributed by atoms with Crippen LogP contribution in [0, 0.1) is 0 Å². The number of hydrogen-bond acceptors (Lipinski definition) is 0. The molecule has 0 spiro atoms. The Hall–Kier alpha value is -0.900. The summed E-state index contributed by atoms with van der Waals surface area (Å²) in [6.07, 6.45) is -4.47. The lowest BCUT2D eigenvalue weighted by atomic mass is 9.99. The Morgan fingerprint density at radius 1 is 1.00 bits per heavy atom. The van der Waals surface area contributed by atoms with E-state index in [1.165, 1.54) is 6.07 Å². The minimum absolute atomic E-state index is 0.0288. The molecule has 0 saturated heterocycles. The fraction of sp³-hybridized carbons (Fsp3) is 0.143. The predicted octanol–water partition coefficient (Wildman–Crippen LogP) is 6.42. The van der Waals surface area contributed by atoms with Gasteiger partial charge < -0.3 is 0 Å². The van der Waals surface area contributed by atoms with Gasteiger partial charge in [-0.3, -0.25) is 0 Å². The third-order valence-electron chi connectivity index (χ3n) is 2.82. The highest BCUT2D eigenvalue weighted by Gasteiger charge is 2.33. The van der Waals surface area contributed by atoms with E-state index >= 15 is 0 Å². The van der Waals surface area contributed by atoms with Crippen LogP contribution in [0.15, 0.2) is 36.4 Å². The van der Waals surface area contributed by atoms with Crippen LogP contribution >= 0.6 is 34.8 Å². The molecule has 0 nitrogen and oxygen atoms in total. The van der Waals surface area contributed by atoms with Crippen LogP contribution in [-0.4, -0.2) is 0 Å². The molecule has 0 saturated carbocycles. The molecule has 0 fully saturated rings. The molecule has 0 radical (unpaired) electrons. The third kappa shape index (κ3) is 3.05. The van der Waals surface area contributed by atoms with Gasteiger partial charge in [-0.25, -0.2) is 0 Å². The van der Waals surface area contributed by atoms with E-state index in [1.54, 1.807) is 24.3 Å². The van der Waals surface area contributed by atoms with Crippen LogP contribution in [0.3, 0.4) is 0 Å². The molecule has 2 aromatic rings. The van der Waals surface area contributed by atoms with Gasteiger partial charge in [0, 0.05) is 11.4 Å². The van der Waals surface area contributed by atoms with E-state index in [0.29, 0.717) is 16.1 Å². The predicted molar refractivity (Wildman–Crippen MR) is 76.5 cm³/mol. The lowest BCUT2D eigenvalue weighted by Gasteiger charge is -2.14. The zero-order valence-corrected chi connectivity index (χ0v) is 12.2. The zero-order valence-electron chi connectivity index (χ0n) is 9.94. The molecular weight excluding hydrogens is 332 g/mol. The van der Waals surface area contributed by atoms with Crippen LogP contribution in [0.1, 0.15) is 11.1 Å². The number of alkyl halides is 4. The average Bonchev–Trinajstić information content (AvgIpc) is 2.40. The summed E-state index contributed by atoms with van der Waals surface area (Å²) in [6, 6.07) is 8.75. The second kappa shape index (κ2) is 5.84. The number of benzene rings is 2. The van der Waals surface area contributed by atoms with Crippen LogP contribution in [0.4, 0.5) is 13.2 Å². The third-order valence-corrected chi connectivity index (χ3v) is 3.93. The summed E-state index contributed by atoms with van der Waals surface area (Å²) in [6.45, 7) is 0. The Bertz CT molecular complexity index is 636. The Kier molecular flexibility index (Phi) is 4.52. The van der Waals surface area contributed by atoms with Gasteiger partial charge in [-0.05, 0) is 23.3 Å².